The third kappa shape index (κ3) is 3.23. The monoisotopic (exact) mass is 159 g/mol. The molecule has 12 heavy (non-hydrogen) atoms. The lowest BCUT2D eigenvalue weighted by Gasteiger charge is -1.90. The fourth-order valence-corrected chi connectivity index (χ4v) is 0.797. The van der Waals surface area contributed by atoms with Gasteiger partial charge in [0, 0.05) is 7.11 Å². The van der Waals surface area contributed by atoms with Crippen molar-refractivity contribution in [2.24, 2.45) is 0 Å². The quantitative estimate of drug-likeness (QED) is 0.599. The van der Waals surface area contributed by atoms with Gasteiger partial charge in [-0.1, -0.05) is 42.2 Å². The van der Waals surface area contributed by atoms with Crippen LogP contribution in [0.1, 0.15) is 5.56 Å². The highest BCUT2D eigenvalue weighted by Crippen LogP contribution is 1.99. The van der Waals surface area contributed by atoms with Crippen molar-refractivity contribution >= 4 is 0 Å². The molecule has 0 saturated heterocycles. The molecule has 0 saturated carbocycles. The third-order valence-corrected chi connectivity index (χ3v) is 1.36. The molecule has 61 valence electrons. The van der Waals surface area contributed by atoms with Crippen LogP contribution in [0.2, 0.25) is 0 Å². The second kappa shape index (κ2) is 5.40. The maximum atomic E-state index is 4.79. The predicted octanol–water partition coefficient (Wildman–Crippen LogP) is 1.89. The van der Waals surface area contributed by atoms with E-state index < -0.39 is 0 Å². The molecular formula is C11H11O. The minimum atomic E-state index is 0.489. The summed E-state index contributed by atoms with van der Waals surface area (Å²) in [5.74, 6) is 5.76. The van der Waals surface area contributed by atoms with Crippen molar-refractivity contribution in [3.05, 3.63) is 42.3 Å². The van der Waals surface area contributed by atoms with Crippen LogP contribution in [0.3, 0.4) is 0 Å². The van der Waals surface area contributed by atoms with E-state index in [4.69, 9.17) is 4.74 Å². The van der Waals surface area contributed by atoms with Crippen LogP contribution < -0.4 is 0 Å². The van der Waals surface area contributed by atoms with E-state index in [0.29, 0.717) is 6.61 Å². The summed E-state index contributed by atoms with van der Waals surface area (Å²) in [6.07, 6.45) is 1.87. The summed E-state index contributed by atoms with van der Waals surface area (Å²) in [7, 11) is 1.64. The molecule has 1 rings (SSSR count). The number of ether oxygens (including phenoxy) is 1. The SMILES string of the molecule is COCC#C[CH]c1ccccc1. The molecule has 0 unspecified atom stereocenters. The Hall–Kier alpha value is -1.26. The molecule has 0 aliphatic heterocycles. The molecule has 0 amide bonds. The molecule has 1 aromatic rings. The topological polar surface area (TPSA) is 9.23 Å². The van der Waals surface area contributed by atoms with E-state index in [-0.39, 0.29) is 0 Å². The van der Waals surface area contributed by atoms with E-state index in [1.54, 1.807) is 7.11 Å². The van der Waals surface area contributed by atoms with Gasteiger partial charge in [-0.05, 0) is 5.56 Å². The Bertz CT molecular complexity index is 266. The lowest BCUT2D eigenvalue weighted by Crippen LogP contribution is -1.82. The zero-order valence-electron chi connectivity index (χ0n) is 7.08. The van der Waals surface area contributed by atoms with Gasteiger partial charge in [-0.25, -0.2) is 0 Å². The van der Waals surface area contributed by atoms with Crippen LogP contribution in [0.5, 0.6) is 0 Å². The Balaban J connectivity index is 2.40. The minimum absolute atomic E-state index is 0.489. The second-order valence-electron chi connectivity index (χ2n) is 2.31. The average Bonchev–Trinajstić information content (AvgIpc) is 2.14. The Morgan fingerprint density at radius 1 is 1.33 bits per heavy atom. The van der Waals surface area contributed by atoms with Gasteiger partial charge in [0.15, 0.2) is 0 Å². The van der Waals surface area contributed by atoms with Crippen molar-refractivity contribution in [1.29, 1.82) is 0 Å². The number of methoxy groups -OCH3 is 1. The smallest absolute Gasteiger partial charge is 0.107 e. The van der Waals surface area contributed by atoms with E-state index in [2.05, 4.69) is 11.8 Å². The Labute approximate surface area is 73.4 Å². The van der Waals surface area contributed by atoms with Gasteiger partial charge in [0.05, 0.1) is 6.42 Å². The van der Waals surface area contributed by atoms with E-state index in [9.17, 15) is 0 Å². The van der Waals surface area contributed by atoms with Crippen molar-refractivity contribution < 1.29 is 4.74 Å². The second-order valence-corrected chi connectivity index (χ2v) is 2.31. The maximum absolute atomic E-state index is 4.79. The van der Waals surface area contributed by atoms with Gasteiger partial charge in [0.1, 0.15) is 6.61 Å². The summed E-state index contributed by atoms with van der Waals surface area (Å²) in [6.45, 7) is 0.489. The van der Waals surface area contributed by atoms with Gasteiger partial charge < -0.3 is 4.74 Å². The van der Waals surface area contributed by atoms with Gasteiger partial charge in [0.25, 0.3) is 0 Å². The van der Waals surface area contributed by atoms with Crippen LogP contribution in [0.15, 0.2) is 30.3 Å². The molecule has 0 bridgehead atoms. The van der Waals surface area contributed by atoms with Gasteiger partial charge in [0.2, 0.25) is 0 Å². The summed E-state index contributed by atoms with van der Waals surface area (Å²) in [6, 6.07) is 10.00. The molecule has 1 radical (unpaired) electrons. The van der Waals surface area contributed by atoms with Crippen LogP contribution in [-0.4, -0.2) is 13.7 Å². The van der Waals surface area contributed by atoms with Gasteiger partial charge in [-0.3, -0.25) is 0 Å². The average molecular weight is 159 g/mol. The van der Waals surface area contributed by atoms with Crippen LogP contribution >= 0.6 is 0 Å². The van der Waals surface area contributed by atoms with Crippen molar-refractivity contribution in [2.75, 3.05) is 13.7 Å². The zero-order chi connectivity index (χ0) is 8.65. The van der Waals surface area contributed by atoms with Gasteiger partial charge in [-0.2, -0.15) is 0 Å². The lowest BCUT2D eigenvalue weighted by atomic mass is 10.2. The van der Waals surface area contributed by atoms with E-state index >= 15 is 0 Å². The highest BCUT2D eigenvalue weighted by molar-refractivity contribution is 5.32. The van der Waals surface area contributed by atoms with Crippen LogP contribution in [-0.2, 0) is 4.74 Å². The summed E-state index contributed by atoms with van der Waals surface area (Å²) in [5, 5.41) is 0. The molecular weight excluding hydrogens is 148 g/mol. The van der Waals surface area contributed by atoms with Crippen molar-refractivity contribution in [3.63, 3.8) is 0 Å². The summed E-state index contributed by atoms with van der Waals surface area (Å²) in [4.78, 5) is 0. The molecule has 0 N–H and O–H groups in total. The van der Waals surface area contributed by atoms with E-state index in [1.165, 1.54) is 0 Å². The van der Waals surface area contributed by atoms with Crippen LogP contribution in [0, 0.1) is 18.3 Å². The number of hydrogen-bond acceptors (Lipinski definition) is 1. The van der Waals surface area contributed by atoms with E-state index in [1.807, 2.05) is 36.8 Å². The molecule has 0 fully saturated rings. The first-order chi connectivity index (χ1) is 5.93. The van der Waals surface area contributed by atoms with Gasteiger partial charge in [-0.15, -0.1) is 0 Å². The molecule has 1 nitrogen and oxygen atoms in total. The van der Waals surface area contributed by atoms with Crippen LogP contribution in [0.25, 0.3) is 0 Å². The van der Waals surface area contributed by atoms with Crippen molar-refractivity contribution in [2.45, 2.75) is 0 Å². The first-order valence-electron chi connectivity index (χ1n) is 3.79. The Morgan fingerprint density at radius 3 is 2.75 bits per heavy atom. The lowest BCUT2D eigenvalue weighted by molar-refractivity contribution is 0.240. The molecule has 1 aromatic carbocycles. The number of hydrogen-bond donors (Lipinski definition) is 0. The summed E-state index contributed by atoms with van der Waals surface area (Å²) < 4.78 is 4.79. The summed E-state index contributed by atoms with van der Waals surface area (Å²) >= 11 is 0. The minimum Gasteiger partial charge on any atom is -0.372 e. The number of benzene rings is 1. The summed E-state index contributed by atoms with van der Waals surface area (Å²) in [5.41, 5.74) is 1.13. The molecule has 0 spiro atoms. The molecule has 0 atom stereocenters. The normalized spacial score (nSPS) is 8.75. The van der Waals surface area contributed by atoms with Crippen LogP contribution in [0.4, 0.5) is 0 Å². The molecule has 0 heterocycles. The maximum Gasteiger partial charge on any atom is 0.107 e. The molecule has 0 aliphatic carbocycles. The van der Waals surface area contributed by atoms with Gasteiger partial charge >= 0.3 is 0 Å². The molecule has 0 aromatic heterocycles. The first-order valence-corrected chi connectivity index (χ1v) is 3.79. The fraction of sp³-hybridized carbons (Fsp3) is 0.182. The zero-order valence-corrected chi connectivity index (χ0v) is 7.08. The molecule has 1 heteroatoms. The molecule has 0 aliphatic rings. The predicted molar refractivity (Wildman–Crippen MR) is 49.5 cm³/mol. The fourth-order valence-electron chi connectivity index (χ4n) is 0.797. The largest absolute Gasteiger partial charge is 0.372 e. The standard InChI is InChI=1S/C11H11O/c1-12-10-6-5-9-11-7-3-2-4-8-11/h2-4,7-9H,10H2,1H3. The Morgan fingerprint density at radius 2 is 2.08 bits per heavy atom. The Kier molecular flexibility index (Phi) is 3.97. The van der Waals surface area contributed by atoms with Crippen molar-refractivity contribution in [3.8, 4) is 11.8 Å². The highest BCUT2D eigenvalue weighted by atomic mass is 16.5. The third-order valence-electron chi connectivity index (χ3n) is 1.36. The highest BCUT2D eigenvalue weighted by Gasteiger charge is 1.84. The number of rotatable bonds is 2. The first kappa shape index (κ1) is 8.83. The van der Waals surface area contributed by atoms with E-state index in [0.717, 1.165) is 5.56 Å². The van der Waals surface area contributed by atoms with Crippen molar-refractivity contribution in [1.82, 2.24) is 0 Å².